The molecule has 0 aliphatic carbocycles. The second-order valence-electron chi connectivity index (χ2n) is 14.0. The Morgan fingerprint density at radius 1 is 0.316 bits per heavy atom. The minimum Gasteiger partial charge on any atom is -0.456 e. The Morgan fingerprint density at radius 3 is 1.68 bits per heavy atom. The topological polar surface area (TPSA) is 104 Å². The van der Waals surface area contributed by atoms with Crippen LogP contribution in [0, 0.1) is 0 Å². The number of nitrogens with zero attached hydrogens (tertiary/aromatic N) is 5. The van der Waals surface area contributed by atoms with Crippen molar-refractivity contribution in [2.75, 3.05) is 0 Å². The number of aromatic nitrogens is 5. The highest BCUT2D eigenvalue weighted by atomic mass is 16.4. The van der Waals surface area contributed by atoms with Gasteiger partial charge in [-0.2, -0.15) is 0 Å². The Balaban J connectivity index is 1.10. The minimum absolute atomic E-state index is 0.492. The number of rotatable bonds is 5. The van der Waals surface area contributed by atoms with Crippen LogP contribution in [0.2, 0.25) is 0 Å². The maximum absolute atomic E-state index is 6.46. The van der Waals surface area contributed by atoms with Gasteiger partial charge in [-0.25, -0.2) is 24.9 Å². The van der Waals surface area contributed by atoms with Crippen LogP contribution in [0.25, 0.3) is 123 Å². The van der Waals surface area contributed by atoms with E-state index in [1.807, 2.05) is 115 Å². The molecule has 0 bridgehead atoms. The third-order valence-electron chi connectivity index (χ3n) is 10.6. The van der Waals surface area contributed by atoms with E-state index in [9.17, 15) is 0 Å². The van der Waals surface area contributed by atoms with E-state index in [-0.39, 0.29) is 0 Å². The van der Waals surface area contributed by atoms with Crippen molar-refractivity contribution in [3.63, 3.8) is 0 Å². The van der Waals surface area contributed by atoms with Crippen LogP contribution >= 0.6 is 0 Å². The van der Waals surface area contributed by atoms with Gasteiger partial charge in [-0.3, -0.25) is 0 Å². The van der Waals surface area contributed by atoms with Gasteiger partial charge in [0.05, 0.1) is 5.39 Å². The van der Waals surface area contributed by atoms with Crippen molar-refractivity contribution in [3.05, 3.63) is 164 Å². The second-order valence-corrected chi connectivity index (χ2v) is 14.0. The molecule has 0 unspecified atom stereocenters. The van der Waals surface area contributed by atoms with Crippen molar-refractivity contribution in [2.45, 2.75) is 0 Å². The van der Waals surface area contributed by atoms with Crippen molar-refractivity contribution < 1.29 is 13.3 Å². The smallest absolute Gasteiger partial charge is 0.227 e. The standard InChI is InChI=1S/C49H27N5O3/c1-3-12-30(13-4-1)48-50-43-35(19-10-20-39(43)56-48)47-53-45(52-46(54-47)34-18-9-16-28-11-7-8-17-33(28)34)32-22-21-29-23-24-37-41(36(29)27-32)42-38(55-37)25-26-40-44(42)51-49(57-40)31-14-5-2-6-15-31/h1-27H. The molecule has 0 saturated heterocycles. The van der Waals surface area contributed by atoms with E-state index in [0.717, 1.165) is 76.8 Å². The van der Waals surface area contributed by atoms with E-state index in [4.69, 9.17) is 38.2 Å². The van der Waals surface area contributed by atoms with Crippen LogP contribution < -0.4 is 0 Å². The molecule has 0 amide bonds. The summed E-state index contributed by atoms with van der Waals surface area (Å²) in [5.41, 5.74) is 8.53. The molecular formula is C49H27N5O3. The fourth-order valence-corrected chi connectivity index (χ4v) is 7.91. The predicted molar refractivity (Wildman–Crippen MR) is 224 cm³/mol. The van der Waals surface area contributed by atoms with Crippen LogP contribution in [0.15, 0.2) is 177 Å². The molecule has 0 saturated carbocycles. The van der Waals surface area contributed by atoms with Crippen LogP contribution in [0.5, 0.6) is 0 Å². The zero-order valence-electron chi connectivity index (χ0n) is 30.0. The largest absolute Gasteiger partial charge is 0.456 e. The molecule has 0 fully saturated rings. The van der Waals surface area contributed by atoms with Crippen LogP contribution in [-0.2, 0) is 0 Å². The third-order valence-corrected chi connectivity index (χ3v) is 10.6. The molecule has 57 heavy (non-hydrogen) atoms. The van der Waals surface area contributed by atoms with Gasteiger partial charge in [0.1, 0.15) is 22.2 Å². The van der Waals surface area contributed by atoms with Crippen molar-refractivity contribution >= 4 is 65.7 Å². The fraction of sp³-hybridized carbons (Fsp3) is 0. The Bertz CT molecular complexity index is 3530. The summed E-state index contributed by atoms with van der Waals surface area (Å²) < 4.78 is 19.0. The van der Waals surface area contributed by atoms with Crippen molar-refractivity contribution in [1.82, 2.24) is 24.9 Å². The van der Waals surface area contributed by atoms with Crippen molar-refractivity contribution in [2.24, 2.45) is 0 Å². The Kier molecular flexibility index (Phi) is 6.76. The molecule has 0 atom stereocenters. The van der Waals surface area contributed by atoms with E-state index >= 15 is 0 Å². The summed E-state index contributed by atoms with van der Waals surface area (Å²) in [6.07, 6.45) is 0. The summed E-state index contributed by atoms with van der Waals surface area (Å²) >= 11 is 0. The Hall–Kier alpha value is -7.97. The lowest BCUT2D eigenvalue weighted by Gasteiger charge is -2.11. The molecule has 12 rings (SSSR count). The molecule has 0 spiro atoms. The lowest BCUT2D eigenvalue weighted by molar-refractivity contribution is 0.619. The number of furan rings is 1. The summed E-state index contributed by atoms with van der Waals surface area (Å²) in [5.74, 6) is 2.66. The molecule has 8 aromatic carbocycles. The van der Waals surface area contributed by atoms with E-state index in [1.165, 1.54) is 0 Å². The first-order valence-electron chi connectivity index (χ1n) is 18.7. The predicted octanol–water partition coefficient (Wildman–Crippen LogP) is 12.7. The average molecular weight is 734 g/mol. The highest BCUT2D eigenvalue weighted by Crippen LogP contribution is 2.41. The molecule has 8 heteroatoms. The maximum Gasteiger partial charge on any atom is 0.227 e. The summed E-state index contributed by atoms with van der Waals surface area (Å²) in [4.78, 5) is 25.5. The molecule has 4 heterocycles. The van der Waals surface area contributed by atoms with Gasteiger partial charge in [0.15, 0.2) is 28.6 Å². The van der Waals surface area contributed by atoms with Gasteiger partial charge in [-0.1, -0.05) is 103 Å². The first-order chi connectivity index (χ1) is 28.2. The number of hydrogen-bond donors (Lipinski definition) is 0. The lowest BCUT2D eigenvalue weighted by Crippen LogP contribution is -2.01. The molecular weight excluding hydrogens is 707 g/mol. The molecule has 0 radical (unpaired) electrons. The molecule has 8 nitrogen and oxygen atoms in total. The normalized spacial score (nSPS) is 11.9. The molecule has 266 valence electrons. The monoisotopic (exact) mass is 733 g/mol. The van der Waals surface area contributed by atoms with Crippen LogP contribution in [0.4, 0.5) is 0 Å². The van der Waals surface area contributed by atoms with Gasteiger partial charge < -0.3 is 13.3 Å². The number of benzene rings is 8. The zero-order valence-corrected chi connectivity index (χ0v) is 30.0. The second kappa shape index (κ2) is 12.3. The highest BCUT2D eigenvalue weighted by molar-refractivity contribution is 6.25. The molecule has 0 N–H and O–H groups in total. The van der Waals surface area contributed by atoms with E-state index < -0.39 is 0 Å². The lowest BCUT2D eigenvalue weighted by atomic mass is 10.0. The average Bonchev–Trinajstić information content (AvgIpc) is 4.02. The van der Waals surface area contributed by atoms with Crippen LogP contribution in [-0.4, -0.2) is 24.9 Å². The molecule has 0 aliphatic heterocycles. The minimum atomic E-state index is 0.492. The third kappa shape index (κ3) is 5.04. The van der Waals surface area contributed by atoms with Gasteiger partial charge in [-0.05, 0) is 82.2 Å². The summed E-state index contributed by atoms with van der Waals surface area (Å²) in [6, 6.07) is 54.4. The van der Waals surface area contributed by atoms with Gasteiger partial charge in [-0.15, -0.1) is 0 Å². The Morgan fingerprint density at radius 2 is 0.877 bits per heavy atom. The first-order valence-corrected chi connectivity index (χ1v) is 18.7. The van der Waals surface area contributed by atoms with Gasteiger partial charge in [0.25, 0.3) is 0 Å². The van der Waals surface area contributed by atoms with Gasteiger partial charge >= 0.3 is 0 Å². The summed E-state index contributed by atoms with van der Waals surface area (Å²) in [6.45, 7) is 0. The van der Waals surface area contributed by atoms with Crippen molar-refractivity contribution in [3.8, 4) is 57.1 Å². The van der Waals surface area contributed by atoms with Crippen molar-refractivity contribution in [1.29, 1.82) is 0 Å². The molecule has 4 aromatic heterocycles. The number of fused-ring (bicyclic) bond motifs is 9. The number of para-hydroxylation sites is 1. The zero-order chi connectivity index (χ0) is 37.5. The van der Waals surface area contributed by atoms with Crippen LogP contribution in [0.3, 0.4) is 0 Å². The summed E-state index contributed by atoms with van der Waals surface area (Å²) in [7, 11) is 0. The van der Waals surface area contributed by atoms with E-state index in [2.05, 4.69) is 48.5 Å². The van der Waals surface area contributed by atoms with Gasteiger partial charge in [0.2, 0.25) is 11.8 Å². The highest BCUT2D eigenvalue weighted by Gasteiger charge is 2.21. The maximum atomic E-state index is 6.46. The SMILES string of the molecule is c1ccc(-c2nc3c(-c4nc(-c5ccc6ccc7oc8ccc9oc(-c%10ccccc%10)nc9c8c7c6c5)nc(-c5cccc6ccccc56)n4)cccc3o2)cc1. The molecule has 0 aliphatic rings. The quantitative estimate of drug-likeness (QED) is 0.172. The number of oxazole rings is 2. The fourth-order valence-electron chi connectivity index (χ4n) is 7.91. The summed E-state index contributed by atoms with van der Waals surface area (Å²) in [5, 5.41) is 6.02. The molecule has 12 aromatic rings. The van der Waals surface area contributed by atoms with Crippen LogP contribution in [0.1, 0.15) is 0 Å². The van der Waals surface area contributed by atoms with E-state index in [1.54, 1.807) is 0 Å². The first kappa shape index (κ1) is 31.4. The number of hydrogen-bond acceptors (Lipinski definition) is 8. The Labute approximate surface area is 323 Å². The van der Waals surface area contributed by atoms with E-state index in [0.29, 0.717) is 45.9 Å². The van der Waals surface area contributed by atoms with Gasteiger partial charge in [0, 0.05) is 33.2 Å².